The Morgan fingerprint density at radius 2 is 2.35 bits per heavy atom. The largest absolute Gasteiger partial charge is 0.484 e. The van der Waals surface area contributed by atoms with Gasteiger partial charge in [-0.15, -0.1) is 0 Å². The average Bonchev–Trinajstić information content (AvgIpc) is 2.84. The molecular weight excluding hydrogens is 260 g/mol. The Hall–Kier alpha value is -2.57. The van der Waals surface area contributed by atoms with E-state index in [0.717, 1.165) is 5.69 Å². The molecule has 0 bridgehead atoms. The van der Waals surface area contributed by atoms with Crippen LogP contribution in [0, 0.1) is 6.92 Å². The summed E-state index contributed by atoms with van der Waals surface area (Å²) in [6.07, 6.45) is 0. The first-order chi connectivity index (χ1) is 9.54. The molecule has 1 aromatic carbocycles. The number of carbonyl (C=O) groups is 1. The molecule has 0 unspecified atom stereocenters. The molecule has 0 aliphatic carbocycles. The molecular formula is C13H16N4O3. The molecule has 0 aliphatic rings. The smallest absolute Gasteiger partial charge is 0.255 e. The lowest BCUT2D eigenvalue weighted by molar-refractivity contribution is -0.119. The molecule has 2 aromatic rings. The molecule has 0 aliphatic heterocycles. The van der Waals surface area contributed by atoms with E-state index in [1.807, 2.05) is 19.1 Å². The molecule has 1 amide bonds. The second-order valence-corrected chi connectivity index (χ2v) is 4.33. The highest BCUT2D eigenvalue weighted by atomic mass is 16.5. The van der Waals surface area contributed by atoms with Gasteiger partial charge in [0.2, 0.25) is 5.89 Å². The number of benzene rings is 1. The molecule has 0 spiro atoms. The van der Waals surface area contributed by atoms with E-state index in [4.69, 9.17) is 15.0 Å². The van der Waals surface area contributed by atoms with E-state index < -0.39 is 5.91 Å². The number of aromatic nitrogens is 2. The SMILES string of the molecule is Cc1noc([C@@H](C)Nc2cccc(OCC(N)=O)c2)n1. The number of ether oxygens (including phenoxy) is 1. The summed E-state index contributed by atoms with van der Waals surface area (Å²) >= 11 is 0. The quantitative estimate of drug-likeness (QED) is 0.827. The van der Waals surface area contributed by atoms with E-state index in [1.54, 1.807) is 19.1 Å². The lowest BCUT2D eigenvalue weighted by Gasteiger charge is -2.12. The van der Waals surface area contributed by atoms with Crippen molar-refractivity contribution < 1.29 is 14.1 Å². The highest BCUT2D eigenvalue weighted by Crippen LogP contribution is 2.22. The standard InChI is InChI=1S/C13H16N4O3/c1-8(13-16-9(2)17-20-13)15-10-4-3-5-11(6-10)19-7-12(14)18/h3-6,8,15H,7H2,1-2H3,(H2,14,18)/t8-/m1/s1. The minimum absolute atomic E-state index is 0.136. The van der Waals surface area contributed by atoms with Crippen LogP contribution in [-0.2, 0) is 4.79 Å². The lowest BCUT2D eigenvalue weighted by Crippen LogP contribution is -2.20. The van der Waals surface area contributed by atoms with E-state index in [1.165, 1.54) is 0 Å². The summed E-state index contributed by atoms with van der Waals surface area (Å²) in [7, 11) is 0. The van der Waals surface area contributed by atoms with Crippen molar-refractivity contribution in [3.05, 3.63) is 36.0 Å². The number of carbonyl (C=O) groups excluding carboxylic acids is 1. The van der Waals surface area contributed by atoms with Crippen LogP contribution < -0.4 is 15.8 Å². The Balaban J connectivity index is 2.02. The van der Waals surface area contributed by atoms with E-state index in [2.05, 4.69) is 15.5 Å². The third kappa shape index (κ3) is 3.71. The van der Waals surface area contributed by atoms with E-state index >= 15 is 0 Å². The molecule has 3 N–H and O–H groups in total. The fourth-order valence-corrected chi connectivity index (χ4v) is 1.63. The average molecular weight is 276 g/mol. The number of amides is 1. The number of nitrogens with two attached hydrogens (primary N) is 1. The summed E-state index contributed by atoms with van der Waals surface area (Å²) in [5.41, 5.74) is 5.85. The Kier molecular flexibility index (Phi) is 4.19. The molecule has 1 atom stereocenters. The lowest BCUT2D eigenvalue weighted by atomic mass is 10.2. The first-order valence-corrected chi connectivity index (χ1v) is 6.12. The zero-order valence-electron chi connectivity index (χ0n) is 11.3. The van der Waals surface area contributed by atoms with Crippen molar-refractivity contribution in [3.63, 3.8) is 0 Å². The first-order valence-electron chi connectivity index (χ1n) is 6.12. The van der Waals surface area contributed by atoms with Crippen molar-refractivity contribution in [2.24, 2.45) is 5.73 Å². The van der Waals surface area contributed by atoms with Crippen LogP contribution in [0.15, 0.2) is 28.8 Å². The van der Waals surface area contributed by atoms with Crippen LogP contribution >= 0.6 is 0 Å². The number of aryl methyl sites for hydroxylation is 1. The van der Waals surface area contributed by atoms with E-state index in [9.17, 15) is 4.79 Å². The summed E-state index contributed by atoms with van der Waals surface area (Å²) in [6, 6.07) is 7.06. The number of nitrogens with zero attached hydrogens (tertiary/aromatic N) is 2. The van der Waals surface area contributed by atoms with Crippen molar-refractivity contribution in [1.29, 1.82) is 0 Å². The van der Waals surface area contributed by atoms with Gasteiger partial charge in [0.05, 0.1) is 0 Å². The van der Waals surface area contributed by atoms with Gasteiger partial charge in [0.15, 0.2) is 12.4 Å². The minimum atomic E-state index is -0.516. The van der Waals surface area contributed by atoms with Gasteiger partial charge in [0, 0.05) is 11.8 Å². The number of nitrogens with one attached hydrogen (secondary N) is 1. The highest BCUT2D eigenvalue weighted by molar-refractivity contribution is 5.75. The molecule has 2 rings (SSSR count). The van der Waals surface area contributed by atoms with Crippen LogP contribution in [0.3, 0.4) is 0 Å². The number of hydrogen-bond donors (Lipinski definition) is 2. The van der Waals surface area contributed by atoms with Crippen LogP contribution in [0.5, 0.6) is 5.75 Å². The van der Waals surface area contributed by atoms with Crippen LogP contribution in [0.4, 0.5) is 5.69 Å². The maximum absolute atomic E-state index is 10.7. The number of primary amides is 1. The van der Waals surface area contributed by atoms with Crippen molar-refractivity contribution >= 4 is 11.6 Å². The third-order valence-electron chi connectivity index (χ3n) is 2.51. The van der Waals surface area contributed by atoms with Gasteiger partial charge < -0.3 is 20.3 Å². The van der Waals surface area contributed by atoms with Crippen LogP contribution in [0.25, 0.3) is 0 Å². The van der Waals surface area contributed by atoms with Gasteiger partial charge in [-0.1, -0.05) is 11.2 Å². The molecule has 7 heteroatoms. The summed E-state index contributed by atoms with van der Waals surface area (Å²) in [5.74, 6) is 1.14. The minimum Gasteiger partial charge on any atom is -0.484 e. The first kappa shape index (κ1) is 13.9. The zero-order chi connectivity index (χ0) is 14.5. The van der Waals surface area contributed by atoms with Crippen LogP contribution in [0.1, 0.15) is 24.7 Å². The molecule has 0 saturated heterocycles. The Morgan fingerprint density at radius 1 is 1.55 bits per heavy atom. The highest BCUT2D eigenvalue weighted by Gasteiger charge is 2.12. The molecule has 7 nitrogen and oxygen atoms in total. The van der Waals surface area contributed by atoms with Gasteiger partial charge in [-0.05, 0) is 26.0 Å². The monoisotopic (exact) mass is 276 g/mol. The summed E-state index contributed by atoms with van der Waals surface area (Å²) in [5, 5.41) is 6.95. The zero-order valence-corrected chi connectivity index (χ0v) is 11.3. The third-order valence-corrected chi connectivity index (χ3v) is 2.51. The van der Waals surface area contributed by atoms with Gasteiger partial charge >= 0.3 is 0 Å². The Bertz CT molecular complexity index is 597. The number of anilines is 1. The second-order valence-electron chi connectivity index (χ2n) is 4.33. The van der Waals surface area contributed by atoms with E-state index in [0.29, 0.717) is 17.5 Å². The maximum atomic E-state index is 10.7. The fraction of sp³-hybridized carbons (Fsp3) is 0.308. The van der Waals surface area contributed by atoms with Crippen LogP contribution in [-0.4, -0.2) is 22.7 Å². The van der Waals surface area contributed by atoms with Gasteiger partial charge in [0.1, 0.15) is 11.8 Å². The van der Waals surface area contributed by atoms with Crippen molar-refractivity contribution in [3.8, 4) is 5.75 Å². The molecule has 1 heterocycles. The maximum Gasteiger partial charge on any atom is 0.255 e. The molecule has 106 valence electrons. The predicted molar refractivity (Wildman–Crippen MR) is 72.2 cm³/mol. The van der Waals surface area contributed by atoms with Crippen molar-refractivity contribution in [2.45, 2.75) is 19.9 Å². The number of rotatable bonds is 6. The summed E-state index contributed by atoms with van der Waals surface area (Å²) < 4.78 is 10.3. The summed E-state index contributed by atoms with van der Waals surface area (Å²) in [6.45, 7) is 3.52. The van der Waals surface area contributed by atoms with Gasteiger partial charge in [0.25, 0.3) is 5.91 Å². The Labute approximate surface area is 116 Å². The molecule has 20 heavy (non-hydrogen) atoms. The fourth-order valence-electron chi connectivity index (χ4n) is 1.63. The van der Waals surface area contributed by atoms with Crippen molar-refractivity contribution in [1.82, 2.24) is 10.1 Å². The van der Waals surface area contributed by atoms with E-state index in [-0.39, 0.29) is 12.6 Å². The topological polar surface area (TPSA) is 103 Å². The molecule has 0 radical (unpaired) electrons. The number of hydrogen-bond acceptors (Lipinski definition) is 6. The molecule has 0 fully saturated rings. The Morgan fingerprint density at radius 3 is 3.00 bits per heavy atom. The normalized spacial score (nSPS) is 11.9. The van der Waals surface area contributed by atoms with Gasteiger partial charge in [-0.25, -0.2) is 0 Å². The molecule has 0 saturated carbocycles. The van der Waals surface area contributed by atoms with Crippen molar-refractivity contribution in [2.75, 3.05) is 11.9 Å². The van der Waals surface area contributed by atoms with Gasteiger partial charge in [-0.2, -0.15) is 4.98 Å². The van der Waals surface area contributed by atoms with Crippen LogP contribution in [0.2, 0.25) is 0 Å². The van der Waals surface area contributed by atoms with Gasteiger partial charge in [-0.3, -0.25) is 4.79 Å². The summed E-state index contributed by atoms with van der Waals surface area (Å²) in [4.78, 5) is 14.8. The second kappa shape index (κ2) is 6.05. The molecule has 1 aromatic heterocycles. The predicted octanol–water partition coefficient (Wildman–Crippen LogP) is 1.42.